The van der Waals surface area contributed by atoms with Crippen molar-refractivity contribution in [1.29, 1.82) is 0 Å². The van der Waals surface area contributed by atoms with Gasteiger partial charge in [-0.2, -0.15) is 0 Å². The van der Waals surface area contributed by atoms with Crippen molar-refractivity contribution in [3.8, 4) is 5.75 Å². The molecule has 0 aliphatic rings. The zero-order valence-electron chi connectivity index (χ0n) is 31.5. The summed E-state index contributed by atoms with van der Waals surface area (Å²) in [4.78, 5) is 37.5. The normalized spacial score (nSPS) is 11.1. The van der Waals surface area contributed by atoms with E-state index < -0.39 is 11.9 Å². The number of hydrogen-bond donors (Lipinski definition) is 0. The highest BCUT2D eigenvalue weighted by molar-refractivity contribution is 5.99. The van der Waals surface area contributed by atoms with Crippen molar-refractivity contribution in [3.05, 3.63) is 29.8 Å². The van der Waals surface area contributed by atoms with E-state index in [1.54, 1.807) is 24.3 Å². The molecule has 0 aliphatic carbocycles. The quantitative estimate of drug-likeness (QED) is 0.0316. The average Bonchev–Trinajstić information content (AvgIpc) is 3.08. The Morgan fingerprint density at radius 3 is 1.10 bits per heavy atom. The number of esters is 3. The molecular formula is C43H74O5. The maximum atomic E-state index is 12.7. The maximum absolute atomic E-state index is 12.7. The Morgan fingerprint density at radius 2 is 0.729 bits per heavy atom. The zero-order chi connectivity index (χ0) is 34.8. The molecule has 0 saturated carbocycles. The first-order valence-electron chi connectivity index (χ1n) is 20.6. The largest absolute Gasteiger partial charge is 0.426 e. The van der Waals surface area contributed by atoms with E-state index in [2.05, 4.69) is 13.8 Å². The molecule has 0 heterocycles. The van der Waals surface area contributed by atoms with Crippen molar-refractivity contribution in [2.24, 2.45) is 0 Å². The molecule has 5 heteroatoms. The van der Waals surface area contributed by atoms with Crippen molar-refractivity contribution in [2.75, 3.05) is 0 Å². The first kappa shape index (κ1) is 43.9. The van der Waals surface area contributed by atoms with Crippen LogP contribution in [0.4, 0.5) is 0 Å². The number of ether oxygens (including phenoxy) is 2. The van der Waals surface area contributed by atoms with E-state index in [0.29, 0.717) is 6.42 Å². The summed E-state index contributed by atoms with van der Waals surface area (Å²) in [6.07, 6.45) is 38.5. The topological polar surface area (TPSA) is 69.7 Å². The highest BCUT2D eigenvalue weighted by Crippen LogP contribution is 2.21. The van der Waals surface area contributed by atoms with Gasteiger partial charge in [-0.1, -0.05) is 206 Å². The monoisotopic (exact) mass is 671 g/mol. The van der Waals surface area contributed by atoms with Crippen LogP contribution in [0.2, 0.25) is 0 Å². The van der Waals surface area contributed by atoms with Crippen molar-refractivity contribution in [2.45, 2.75) is 219 Å². The van der Waals surface area contributed by atoms with Gasteiger partial charge in [-0.25, -0.2) is 4.79 Å². The van der Waals surface area contributed by atoms with Crippen LogP contribution in [0.5, 0.6) is 5.75 Å². The summed E-state index contributed by atoms with van der Waals surface area (Å²) in [6.45, 7) is 4.53. The first-order chi connectivity index (χ1) is 23.6. The molecular weight excluding hydrogens is 596 g/mol. The number of rotatable bonds is 34. The molecule has 5 nitrogen and oxygen atoms in total. The highest BCUT2D eigenvalue weighted by Gasteiger charge is 2.19. The molecule has 0 unspecified atom stereocenters. The summed E-state index contributed by atoms with van der Waals surface area (Å²) in [6, 6.07) is 6.52. The molecule has 0 amide bonds. The summed E-state index contributed by atoms with van der Waals surface area (Å²) in [5.74, 6) is -1.47. The van der Waals surface area contributed by atoms with Crippen LogP contribution >= 0.6 is 0 Å². The van der Waals surface area contributed by atoms with Crippen molar-refractivity contribution in [1.82, 2.24) is 0 Å². The van der Waals surface area contributed by atoms with Gasteiger partial charge in [-0.05, 0) is 25.0 Å². The second-order valence-corrected chi connectivity index (χ2v) is 14.1. The Kier molecular flexibility index (Phi) is 30.5. The third-order valence-electron chi connectivity index (χ3n) is 9.51. The van der Waals surface area contributed by atoms with E-state index in [1.165, 1.54) is 154 Å². The molecule has 0 spiro atoms. The SMILES string of the molecule is CCCCCCCCCCCCCCCCCC(=O)OC(=O)c1ccccc1OC(=O)CCCCCCCCCCCCCCCCC. The third-order valence-corrected chi connectivity index (χ3v) is 9.51. The Morgan fingerprint density at radius 1 is 0.417 bits per heavy atom. The number of carbonyl (C=O) groups is 3. The van der Waals surface area contributed by atoms with Crippen LogP contribution in [0.1, 0.15) is 230 Å². The number of hydrogen-bond acceptors (Lipinski definition) is 5. The van der Waals surface area contributed by atoms with Crippen LogP contribution in [0.3, 0.4) is 0 Å². The molecule has 0 saturated heterocycles. The standard InChI is InChI=1S/C43H74O5/c1-3-5-7-9-11-13-15-17-19-21-23-25-27-29-31-37-41(44)47-40-36-34-33-35-39(40)43(46)48-42(45)38-32-30-28-26-24-22-20-18-16-14-12-10-8-6-4-2/h33-36H,3-32,37-38H2,1-2H3. The number of carbonyl (C=O) groups excluding carboxylic acids is 3. The van der Waals surface area contributed by atoms with Crippen LogP contribution in [0.25, 0.3) is 0 Å². The van der Waals surface area contributed by atoms with E-state index in [9.17, 15) is 14.4 Å². The summed E-state index contributed by atoms with van der Waals surface area (Å²) in [5, 5.41) is 0. The van der Waals surface area contributed by atoms with Gasteiger partial charge in [0.2, 0.25) is 0 Å². The molecule has 0 N–H and O–H groups in total. The van der Waals surface area contributed by atoms with E-state index in [0.717, 1.165) is 38.5 Å². The van der Waals surface area contributed by atoms with E-state index in [1.807, 2.05) is 0 Å². The number of unbranched alkanes of at least 4 members (excludes halogenated alkanes) is 28. The van der Waals surface area contributed by atoms with Crippen LogP contribution in [-0.2, 0) is 14.3 Å². The Balaban J connectivity index is 2.06. The Labute approximate surface area is 296 Å². The minimum atomic E-state index is -0.753. The maximum Gasteiger partial charge on any atom is 0.349 e. The first-order valence-corrected chi connectivity index (χ1v) is 20.6. The molecule has 0 atom stereocenters. The lowest BCUT2D eigenvalue weighted by Gasteiger charge is -2.09. The van der Waals surface area contributed by atoms with E-state index >= 15 is 0 Å². The lowest BCUT2D eigenvalue weighted by Crippen LogP contribution is -2.15. The van der Waals surface area contributed by atoms with Crippen molar-refractivity contribution in [3.63, 3.8) is 0 Å². The molecule has 0 aliphatic heterocycles. The molecule has 1 aromatic carbocycles. The summed E-state index contributed by atoms with van der Waals surface area (Å²) in [5.41, 5.74) is 0.118. The molecule has 0 bridgehead atoms. The number of para-hydroxylation sites is 1. The summed E-state index contributed by atoms with van der Waals surface area (Å²) in [7, 11) is 0. The second kappa shape index (κ2) is 33.3. The zero-order valence-corrected chi connectivity index (χ0v) is 31.5. The van der Waals surface area contributed by atoms with Crippen molar-refractivity contribution < 1.29 is 23.9 Å². The van der Waals surface area contributed by atoms with Gasteiger partial charge in [0.1, 0.15) is 11.3 Å². The highest BCUT2D eigenvalue weighted by atomic mass is 16.6. The van der Waals surface area contributed by atoms with Gasteiger partial charge in [0, 0.05) is 12.8 Å². The summed E-state index contributed by atoms with van der Waals surface area (Å²) >= 11 is 0. The van der Waals surface area contributed by atoms with Gasteiger partial charge in [0.15, 0.2) is 0 Å². The fraction of sp³-hybridized carbons (Fsp3) is 0.791. The van der Waals surface area contributed by atoms with Gasteiger partial charge in [-0.15, -0.1) is 0 Å². The Hall–Kier alpha value is -2.17. The molecule has 276 valence electrons. The van der Waals surface area contributed by atoms with Gasteiger partial charge >= 0.3 is 17.9 Å². The Bertz CT molecular complexity index is 910. The lowest BCUT2D eigenvalue weighted by molar-refractivity contribution is -0.138. The smallest absolute Gasteiger partial charge is 0.349 e. The molecule has 48 heavy (non-hydrogen) atoms. The van der Waals surface area contributed by atoms with Crippen LogP contribution in [0.15, 0.2) is 24.3 Å². The molecule has 0 fully saturated rings. The summed E-state index contributed by atoms with van der Waals surface area (Å²) < 4.78 is 10.6. The van der Waals surface area contributed by atoms with Gasteiger partial charge < -0.3 is 9.47 Å². The second-order valence-electron chi connectivity index (χ2n) is 14.1. The molecule has 1 rings (SSSR count). The third kappa shape index (κ3) is 26.7. The van der Waals surface area contributed by atoms with Crippen LogP contribution in [0, 0.1) is 0 Å². The van der Waals surface area contributed by atoms with Crippen LogP contribution in [-0.4, -0.2) is 17.9 Å². The van der Waals surface area contributed by atoms with E-state index in [-0.39, 0.29) is 23.7 Å². The van der Waals surface area contributed by atoms with Gasteiger partial charge in [0.25, 0.3) is 0 Å². The van der Waals surface area contributed by atoms with Crippen LogP contribution < -0.4 is 4.74 Å². The molecule has 0 radical (unpaired) electrons. The minimum Gasteiger partial charge on any atom is -0.426 e. The fourth-order valence-corrected chi connectivity index (χ4v) is 6.39. The molecule has 1 aromatic rings. The fourth-order valence-electron chi connectivity index (χ4n) is 6.39. The van der Waals surface area contributed by atoms with Gasteiger partial charge in [-0.3, -0.25) is 9.59 Å². The van der Waals surface area contributed by atoms with E-state index in [4.69, 9.17) is 9.47 Å². The predicted octanol–water partition coefficient (Wildman–Crippen LogP) is 13.8. The number of benzene rings is 1. The predicted molar refractivity (Wildman–Crippen MR) is 202 cm³/mol. The minimum absolute atomic E-state index is 0.118. The lowest BCUT2D eigenvalue weighted by atomic mass is 10.0. The van der Waals surface area contributed by atoms with Gasteiger partial charge in [0.05, 0.1) is 0 Å². The molecule has 0 aromatic heterocycles. The van der Waals surface area contributed by atoms with Crippen molar-refractivity contribution >= 4 is 17.9 Å². The average molecular weight is 671 g/mol.